The lowest BCUT2D eigenvalue weighted by Crippen LogP contribution is -2.23. The van der Waals surface area contributed by atoms with Crippen molar-refractivity contribution in [3.05, 3.63) is 60.1 Å². The Morgan fingerprint density at radius 3 is 2.88 bits per heavy atom. The molecule has 122 valence electrons. The smallest absolute Gasteiger partial charge is 0.244 e. The third-order valence-electron chi connectivity index (χ3n) is 4.42. The lowest BCUT2D eigenvalue weighted by Gasteiger charge is -2.21. The molecule has 0 radical (unpaired) electrons. The average Bonchev–Trinajstić information content (AvgIpc) is 3.27. The molecule has 1 aliphatic heterocycles. The lowest BCUT2D eigenvalue weighted by molar-refractivity contribution is 0.201. The lowest BCUT2D eigenvalue weighted by atomic mass is 10.2. The van der Waals surface area contributed by atoms with E-state index in [0.29, 0.717) is 17.5 Å². The van der Waals surface area contributed by atoms with Crippen LogP contribution in [0.2, 0.25) is 0 Å². The minimum Gasteiger partial charge on any atom is -0.383 e. The van der Waals surface area contributed by atoms with Gasteiger partial charge in [-0.15, -0.1) is 0 Å². The van der Waals surface area contributed by atoms with Crippen LogP contribution in [0.25, 0.3) is 11.4 Å². The fourth-order valence-electron chi connectivity index (χ4n) is 3.17. The van der Waals surface area contributed by atoms with Crippen molar-refractivity contribution < 1.29 is 4.52 Å². The van der Waals surface area contributed by atoms with E-state index >= 15 is 0 Å². The number of hydrogen-bond acceptors (Lipinski definition) is 6. The van der Waals surface area contributed by atoms with E-state index in [-0.39, 0.29) is 6.04 Å². The zero-order valence-corrected chi connectivity index (χ0v) is 13.3. The minimum atomic E-state index is 0.134. The SMILES string of the molecule is Nc1ncccc1CN1CCCC1c1nc(-c2ccccc2)no1. The summed E-state index contributed by atoms with van der Waals surface area (Å²) in [6.45, 7) is 1.73. The third-order valence-corrected chi connectivity index (χ3v) is 4.42. The molecule has 1 unspecified atom stereocenters. The first kappa shape index (κ1) is 14.8. The molecule has 3 heterocycles. The summed E-state index contributed by atoms with van der Waals surface area (Å²) in [7, 11) is 0. The Bertz CT molecular complexity index is 817. The Hall–Kier alpha value is -2.73. The van der Waals surface area contributed by atoms with E-state index in [1.807, 2.05) is 42.5 Å². The number of anilines is 1. The van der Waals surface area contributed by atoms with Crippen LogP contribution in [-0.4, -0.2) is 26.6 Å². The van der Waals surface area contributed by atoms with Crippen LogP contribution in [-0.2, 0) is 6.54 Å². The van der Waals surface area contributed by atoms with Crippen molar-refractivity contribution in [2.75, 3.05) is 12.3 Å². The van der Waals surface area contributed by atoms with Gasteiger partial charge in [-0.25, -0.2) is 4.98 Å². The van der Waals surface area contributed by atoms with E-state index in [0.717, 1.165) is 37.1 Å². The van der Waals surface area contributed by atoms with E-state index in [1.165, 1.54) is 0 Å². The molecule has 24 heavy (non-hydrogen) atoms. The summed E-state index contributed by atoms with van der Waals surface area (Å²) in [6.07, 6.45) is 3.83. The molecule has 0 aliphatic carbocycles. The largest absolute Gasteiger partial charge is 0.383 e. The summed E-state index contributed by atoms with van der Waals surface area (Å²) < 4.78 is 5.55. The number of nitrogens with two attached hydrogens (primary N) is 1. The fourth-order valence-corrected chi connectivity index (χ4v) is 3.17. The Morgan fingerprint density at radius 2 is 2.04 bits per heavy atom. The summed E-state index contributed by atoms with van der Waals surface area (Å²) in [5.74, 6) is 1.89. The van der Waals surface area contributed by atoms with Gasteiger partial charge in [-0.05, 0) is 25.5 Å². The van der Waals surface area contributed by atoms with Gasteiger partial charge in [0.2, 0.25) is 11.7 Å². The summed E-state index contributed by atoms with van der Waals surface area (Å²) in [6, 6.07) is 13.9. The van der Waals surface area contributed by atoms with Crippen LogP contribution < -0.4 is 5.73 Å². The first-order valence-corrected chi connectivity index (χ1v) is 8.14. The van der Waals surface area contributed by atoms with Crippen molar-refractivity contribution in [3.63, 3.8) is 0 Å². The van der Waals surface area contributed by atoms with Gasteiger partial charge in [-0.1, -0.05) is 41.6 Å². The third kappa shape index (κ3) is 2.88. The van der Waals surface area contributed by atoms with E-state index in [9.17, 15) is 0 Å². The van der Waals surface area contributed by atoms with Crippen molar-refractivity contribution in [2.45, 2.75) is 25.4 Å². The van der Waals surface area contributed by atoms with E-state index in [1.54, 1.807) is 6.20 Å². The molecule has 0 spiro atoms. The molecule has 6 nitrogen and oxygen atoms in total. The molecule has 0 saturated carbocycles. The quantitative estimate of drug-likeness (QED) is 0.795. The molecule has 2 N–H and O–H groups in total. The van der Waals surface area contributed by atoms with Crippen LogP contribution in [0.5, 0.6) is 0 Å². The van der Waals surface area contributed by atoms with Gasteiger partial charge in [0, 0.05) is 23.9 Å². The van der Waals surface area contributed by atoms with Gasteiger partial charge < -0.3 is 10.3 Å². The normalized spacial score (nSPS) is 18.1. The van der Waals surface area contributed by atoms with Crippen molar-refractivity contribution >= 4 is 5.82 Å². The highest BCUT2D eigenvalue weighted by Crippen LogP contribution is 2.33. The van der Waals surface area contributed by atoms with Crippen molar-refractivity contribution in [2.24, 2.45) is 0 Å². The molecule has 1 aromatic carbocycles. The molecular formula is C18H19N5O. The number of likely N-dealkylation sites (tertiary alicyclic amines) is 1. The maximum absolute atomic E-state index is 5.97. The van der Waals surface area contributed by atoms with Gasteiger partial charge >= 0.3 is 0 Å². The van der Waals surface area contributed by atoms with Gasteiger partial charge in [0.15, 0.2) is 0 Å². The molecule has 2 aromatic heterocycles. The predicted octanol–water partition coefficient (Wildman–Crippen LogP) is 3.05. The number of benzene rings is 1. The summed E-state index contributed by atoms with van der Waals surface area (Å²) in [4.78, 5) is 11.1. The Balaban J connectivity index is 1.55. The second kappa shape index (κ2) is 6.41. The van der Waals surface area contributed by atoms with Crippen LogP contribution >= 0.6 is 0 Å². The highest BCUT2D eigenvalue weighted by atomic mass is 16.5. The monoisotopic (exact) mass is 321 g/mol. The molecule has 3 aromatic rings. The Morgan fingerprint density at radius 1 is 1.17 bits per heavy atom. The average molecular weight is 321 g/mol. The molecule has 1 atom stereocenters. The Labute approximate surface area is 140 Å². The van der Waals surface area contributed by atoms with Crippen molar-refractivity contribution in [3.8, 4) is 11.4 Å². The fraction of sp³-hybridized carbons (Fsp3) is 0.278. The Kier molecular flexibility index (Phi) is 3.96. The predicted molar refractivity (Wildman–Crippen MR) is 90.8 cm³/mol. The van der Waals surface area contributed by atoms with Crippen LogP contribution in [0.4, 0.5) is 5.82 Å². The maximum Gasteiger partial charge on any atom is 0.244 e. The highest BCUT2D eigenvalue weighted by Gasteiger charge is 2.31. The maximum atomic E-state index is 5.97. The number of hydrogen-bond donors (Lipinski definition) is 1. The second-order valence-corrected chi connectivity index (χ2v) is 6.00. The topological polar surface area (TPSA) is 81.1 Å². The van der Waals surface area contributed by atoms with E-state index in [2.05, 4.69) is 20.0 Å². The number of rotatable bonds is 4. The van der Waals surface area contributed by atoms with Gasteiger partial charge in [-0.3, -0.25) is 4.90 Å². The van der Waals surface area contributed by atoms with Gasteiger partial charge in [0.05, 0.1) is 6.04 Å². The first-order valence-electron chi connectivity index (χ1n) is 8.14. The summed E-state index contributed by atoms with van der Waals surface area (Å²) in [5.41, 5.74) is 7.97. The van der Waals surface area contributed by atoms with E-state index < -0.39 is 0 Å². The molecule has 6 heteroatoms. The number of pyridine rings is 1. The van der Waals surface area contributed by atoms with Gasteiger partial charge in [0.25, 0.3) is 0 Å². The zero-order valence-electron chi connectivity index (χ0n) is 13.3. The van der Waals surface area contributed by atoms with Crippen molar-refractivity contribution in [1.29, 1.82) is 0 Å². The van der Waals surface area contributed by atoms with Crippen LogP contribution in [0, 0.1) is 0 Å². The van der Waals surface area contributed by atoms with Crippen LogP contribution in [0.3, 0.4) is 0 Å². The number of nitrogen functional groups attached to an aromatic ring is 1. The summed E-state index contributed by atoms with van der Waals surface area (Å²) in [5, 5.41) is 4.14. The molecular weight excluding hydrogens is 302 g/mol. The summed E-state index contributed by atoms with van der Waals surface area (Å²) >= 11 is 0. The van der Waals surface area contributed by atoms with Crippen LogP contribution in [0.15, 0.2) is 53.2 Å². The molecule has 1 aliphatic rings. The molecule has 1 saturated heterocycles. The van der Waals surface area contributed by atoms with E-state index in [4.69, 9.17) is 10.3 Å². The standard InChI is InChI=1S/C18H19N5O/c19-16-14(8-4-10-20-16)12-23-11-5-9-15(23)18-21-17(22-24-18)13-6-2-1-3-7-13/h1-4,6-8,10,15H,5,9,11-12H2,(H2,19,20). The highest BCUT2D eigenvalue weighted by molar-refractivity contribution is 5.53. The van der Waals surface area contributed by atoms with Gasteiger partial charge in [0.1, 0.15) is 5.82 Å². The second-order valence-electron chi connectivity index (χ2n) is 6.00. The number of aromatic nitrogens is 3. The minimum absolute atomic E-state index is 0.134. The molecule has 1 fully saturated rings. The zero-order chi connectivity index (χ0) is 16.4. The number of nitrogens with zero attached hydrogens (tertiary/aromatic N) is 4. The van der Waals surface area contributed by atoms with Crippen molar-refractivity contribution in [1.82, 2.24) is 20.0 Å². The molecule has 0 bridgehead atoms. The first-order chi connectivity index (χ1) is 11.8. The van der Waals surface area contributed by atoms with Gasteiger partial charge in [-0.2, -0.15) is 4.98 Å². The molecule has 0 amide bonds. The van der Waals surface area contributed by atoms with Crippen LogP contribution in [0.1, 0.15) is 30.3 Å². The molecule has 4 rings (SSSR count).